The molecule has 0 fully saturated rings. The quantitative estimate of drug-likeness (QED) is 0.0261. The van der Waals surface area contributed by atoms with Crippen molar-refractivity contribution in [1.82, 2.24) is 0 Å². The fraction of sp³-hybridized carbons (Fsp3) is 0.827. The van der Waals surface area contributed by atoms with Crippen molar-refractivity contribution >= 4 is 17.9 Å². The lowest BCUT2D eigenvalue weighted by Gasteiger charge is -2.18. The van der Waals surface area contributed by atoms with Crippen LogP contribution in [0.3, 0.4) is 0 Å². The second kappa shape index (κ2) is 69.6. The van der Waals surface area contributed by atoms with Gasteiger partial charge in [-0.05, 0) is 83.5 Å². The van der Waals surface area contributed by atoms with Crippen LogP contribution in [-0.4, -0.2) is 37.2 Å². The van der Waals surface area contributed by atoms with Crippen molar-refractivity contribution in [1.29, 1.82) is 0 Å². The molecule has 0 rings (SSSR count). The summed E-state index contributed by atoms with van der Waals surface area (Å²) in [4.78, 5) is 38.4. The van der Waals surface area contributed by atoms with Crippen LogP contribution >= 0.6 is 0 Å². The van der Waals surface area contributed by atoms with E-state index in [1.807, 2.05) is 0 Å². The topological polar surface area (TPSA) is 78.9 Å². The Labute approximate surface area is 504 Å². The molecule has 0 amide bonds. The Bertz CT molecular complexity index is 1440. The Kier molecular flexibility index (Phi) is 67.1. The van der Waals surface area contributed by atoms with Crippen molar-refractivity contribution in [2.45, 2.75) is 386 Å². The summed E-state index contributed by atoms with van der Waals surface area (Å²) in [5, 5.41) is 0. The number of ether oxygens (including phenoxy) is 3. The lowest BCUT2D eigenvalue weighted by atomic mass is 10.0. The Morgan fingerprint density at radius 3 is 0.765 bits per heavy atom. The van der Waals surface area contributed by atoms with Crippen LogP contribution in [0.2, 0.25) is 0 Å². The standard InChI is InChI=1S/C75H136O6/c1-4-7-10-13-16-19-22-25-28-30-32-34-35-36-37-38-39-40-41-42-44-45-47-50-53-56-59-62-65-68-74(77)80-71-72(70-79-73(76)67-64-61-58-55-52-49-27-24-21-18-15-12-9-6-3)81-75(78)69-66-63-60-57-54-51-48-46-43-33-31-29-26-23-20-17-14-11-8-5-2/h7,10,16,19,24-25,27-28,32,34,72H,4-6,8-9,11-15,17-18,20-23,26,29-31,33,35-71H2,1-3H3/b10-7-,19-16-,27-24-,28-25-,34-32-. The number of unbranched alkanes of at least 4 members (excludes halogenated alkanes) is 45. The third-order valence-electron chi connectivity index (χ3n) is 16.0. The molecule has 0 saturated heterocycles. The summed E-state index contributed by atoms with van der Waals surface area (Å²) in [6, 6.07) is 0. The van der Waals surface area contributed by atoms with Crippen LogP contribution in [0.5, 0.6) is 0 Å². The van der Waals surface area contributed by atoms with Crippen LogP contribution in [0.1, 0.15) is 380 Å². The molecule has 472 valence electrons. The van der Waals surface area contributed by atoms with Gasteiger partial charge in [-0.25, -0.2) is 0 Å². The molecule has 6 heteroatoms. The third kappa shape index (κ3) is 67.8. The summed E-state index contributed by atoms with van der Waals surface area (Å²) >= 11 is 0. The zero-order valence-corrected chi connectivity index (χ0v) is 54.3. The van der Waals surface area contributed by atoms with Gasteiger partial charge in [0.15, 0.2) is 6.10 Å². The summed E-state index contributed by atoms with van der Waals surface area (Å²) in [5.41, 5.74) is 0. The van der Waals surface area contributed by atoms with E-state index in [4.69, 9.17) is 14.2 Å². The van der Waals surface area contributed by atoms with Crippen LogP contribution in [0.15, 0.2) is 60.8 Å². The molecule has 1 atom stereocenters. The second-order valence-electron chi connectivity index (χ2n) is 24.1. The molecule has 0 bridgehead atoms. The highest BCUT2D eigenvalue weighted by atomic mass is 16.6. The van der Waals surface area contributed by atoms with Crippen LogP contribution in [0.25, 0.3) is 0 Å². The minimum atomic E-state index is -0.775. The van der Waals surface area contributed by atoms with Gasteiger partial charge in [0.2, 0.25) is 0 Å². The van der Waals surface area contributed by atoms with Gasteiger partial charge in [-0.1, -0.05) is 338 Å². The first-order chi connectivity index (χ1) is 40.0. The molecule has 0 saturated carbocycles. The van der Waals surface area contributed by atoms with Crippen molar-refractivity contribution in [3.63, 3.8) is 0 Å². The van der Waals surface area contributed by atoms with Crippen LogP contribution in [0, 0.1) is 0 Å². The number of hydrogen-bond donors (Lipinski definition) is 0. The first-order valence-corrected chi connectivity index (χ1v) is 35.8. The van der Waals surface area contributed by atoms with Gasteiger partial charge in [0.25, 0.3) is 0 Å². The first-order valence-electron chi connectivity index (χ1n) is 35.8. The highest BCUT2D eigenvalue weighted by Crippen LogP contribution is 2.18. The van der Waals surface area contributed by atoms with Gasteiger partial charge in [0, 0.05) is 19.3 Å². The maximum Gasteiger partial charge on any atom is 0.306 e. The Hall–Kier alpha value is -2.89. The number of rotatable bonds is 66. The van der Waals surface area contributed by atoms with E-state index in [0.29, 0.717) is 19.3 Å². The largest absolute Gasteiger partial charge is 0.462 e. The van der Waals surface area contributed by atoms with Crippen LogP contribution in [0.4, 0.5) is 0 Å². The van der Waals surface area contributed by atoms with Gasteiger partial charge in [-0.3, -0.25) is 14.4 Å². The van der Waals surface area contributed by atoms with E-state index in [0.717, 1.165) is 89.9 Å². The molecule has 0 radical (unpaired) electrons. The lowest BCUT2D eigenvalue weighted by molar-refractivity contribution is -0.167. The fourth-order valence-corrected chi connectivity index (χ4v) is 10.7. The first kappa shape index (κ1) is 78.1. The Balaban J connectivity index is 4.22. The van der Waals surface area contributed by atoms with Crippen molar-refractivity contribution < 1.29 is 28.6 Å². The van der Waals surface area contributed by atoms with Gasteiger partial charge in [0.1, 0.15) is 13.2 Å². The maximum absolute atomic E-state index is 13.0. The molecule has 1 unspecified atom stereocenters. The van der Waals surface area contributed by atoms with Crippen molar-refractivity contribution in [2.75, 3.05) is 13.2 Å². The van der Waals surface area contributed by atoms with Crippen LogP contribution in [-0.2, 0) is 28.6 Å². The molecule has 0 aliphatic rings. The second-order valence-corrected chi connectivity index (χ2v) is 24.1. The van der Waals surface area contributed by atoms with Crippen LogP contribution < -0.4 is 0 Å². The zero-order chi connectivity index (χ0) is 58.5. The summed E-state index contributed by atoms with van der Waals surface area (Å²) in [7, 11) is 0. The number of allylic oxidation sites excluding steroid dienone is 10. The average molecular weight is 1130 g/mol. The highest BCUT2D eigenvalue weighted by molar-refractivity contribution is 5.71. The molecule has 0 heterocycles. The number of carbonyl (C=O) groups excluding carboxylic acids is 3. The summed E-state index contributed by atoms with van der Waals surface area (Å²) < 4.78 is 17.0. The van der Waals surface area contributed by atoms with Gasteiger partial charge in [-0.2, -0.15) is 0 Å². The van der Waals surface area contributed by atoms with E-state index in [9.17, 15) is 14.4 Å². The normalized spacial score (nSPS) is 12.4. The summed E-state index contributed by atoms with van der Waals surface area (Å²) in [5.74, 6) is -0.853. The molecule has 0 aliphatic carbocycles. The Morgan fingerprint density at radius 2 is 0.481 bits per heavy atom. The minimum Gasteiger partial charge on any atom is -0.462 e. The van der Waals surface area contributed by atoms with E-state index in [1.54, 1.807) is 0 Å². The molecule has 0 spiro atoms. The zero-order valence-electron chi connectivity index (χ0n) is 54.3. The van der Waals surface area contributed by atoms with Crippen molar-refractivity contribution in [3.05, 3.63) is 60.8 Å². The molecule has 0 aromatic heterocycles. The monoisotopic (exact) mass is 1130 g/mol. The van der Waals surface area contributed by atoms with Gasteiger partial charge >= 0.3 is 17.9 Å². The predicted octanol–water partition coefficient (Wildman–Crippen LogP) is 24.7. The van der Waals surface area contributed by atoms with Crippen molar-refractivity contribution in [2.24, 2.45) is 0 Å². The summed E-state index contributed by atoms with van der Waals surface area (Å²) in [6.45, 7) is 6.58. The number of carbonyl (C=O) groups is 3. The molecule has 0 aromatic rings. The molecular formula is C75H136O6. The molecule has 0 aromatic carbocycles. The molecule has 0 aliphatic heterocycles. The predicted molar refractivity (Wildman–Crippen MR) is 353 cm³/mol. The lowest BCUT2D eigenvalue weighted by Crippen LogP contribution is -2.30. The average Bonchev–Trinajstić information content (AvgIpc) is 3.47. The highest BCUT2D eigenvalue weighted by Gasteiger charge is 2.19. The van der Waals surface area contributed by atoms with E-state index in [1.165, 1.54) is 250 Å². The van der Waals surface area contributed by atoms with Gasteiger partial charge < -0.3 is 14.2 Å². The van der Waals surface area contributed by atoms with E-state index >= 15 is 0 Å². The third-order valence-corrected chi connectivity index (χ3v) is 16.0. The molecule has 6 nitrogen and oxygen atoms in total. The smallest absolute Gasteiger partial charge is 0.306 e. The van der Waals surface area contributed by atoms with E-state index in [2.05, 4.69) is 81.5 Å². The maximum atomic E-state index is 13.0. The SMILES string of the molecule is CC/C=C\C/C=C\C/C=C\C/C=C\CCCCCCCCCCCCCCCCCCC(=O)OCC(COC(=O)CCCCCCC/C=C\CCCCCCC)OC(=O)CCCCCCCCCCCCCCCCCCCCCC. The Morgan fingerprint density at radius 1 is 0.259 bits per heavy atom. The summed E-state index contributed by atoms with van der Waals surface area (Å²) in [6.07, 6.45) is 89.7. The van der Waals surface area contributed by atoms with Crippen molar-refractivity contribution in [3.8, 4) is 0 Å². The molecule has 0 N–H and O–H groups in total. The van der Waals surface area contributed by atoms with E-state index in [-0.39, 0.29) is 31.1 Å². The fourth-order valence-electron chi connectivity index (χ4n) is 10.7. The number of hydrogen-bond acceptors (Lipinski definition) is 6. The van der Waals surface area contributed by atoms with Gasteiger partial charge in [0.05, 0.1) is 0 Å². The minimum absolute atomic E-state index is 0.0713. The number of esters is 3. The molecular weight excluding hydrogens is 997 g/mol. The van der Waals surface area contributed by atoms with E-state index < -0.39 is 6.10 Å². The molecule has 81 heavy (non-hydrogen) atoms. The van der Waals surface area contributed by atoms with Gasteiger partial charge in [-0.15, -0.1) is 0 Å².